The average Bonchev–Trinajstić information content (AvgIpc) is 2.53. The van der Waals surface area contributed by atoms with Gasteiger partial charge in [-0.05, 0) is 6.42 Å². The molecule has 2 saturated heterocycles. The van der Waals surface area contributed by atoms with Crippen LogP contribution < -0.4 is 0 Å². The zero-order valence-electron chi connectivity index (χ0n) is 6.36. The third-order valence-corrected chi connectivity index (χ3v) is 2.19. The Labute approximate surface area is 65.9 Å². The minimum absolute atomic E-state index is 0.0694. The van der Waals surface area contributed by atoms with Gasteiger partial charge >= 0.3 is 0 Å². The highest BCUT2D eigenvalue weighted by atomic mass is 16.6. The van der Waals surface area contributed by atoms with Crippen LogP contribution in [0.4, 0.5) is 0 Å². The fourth-order valence-electron chi connectivity index (χ4n) is 1.67. The van der Waals surface area contributed by atoms with Gasteiger partial charge in [-0.15, -0.1) is 0 Å². The highest BCUT2D eigenvalue weighted by Gasteiger charge is 2.42. The summed E-state index contributed by atoms with van der Waals surface area (Å²) in [7, 11) is 0. The minimum Gasteiger partial charge on any atom is -0.493 e. The molecule has 0 aromatic carbocycles. The average molecular weight is 156 g/mol. The molecule has 11 heavy (non-hydrogen) atoms. The molecule has 0 bridgehead atoms. The molecule has 2 aliphatic rings. The van der Waals surface area contributed by atoms with Crippen LogP contribution in [0.3, 0.4) is 0 Å². The van der Waals surface area contributed by atoms with E-state index in [1.54, 1.807) is 0 Å². The molecule has 0 amide bonds. The van der Waals surface area contributed by atoms with Crippen LogP contribution in [0.5, 0.6) is 0 Å². The molecule has 3 unspecified atom stereocenters. The van der Waals surface area contributed by atoms with Crippen molar-refractivity contribution in [1.82, 2.24) is 0 Å². The summed E-state index contributed by atoms with van der Waals surface area (Å²) in [5.41, 5.74) is 0. The number of hydrogen-bond donors (Lipinski definition) is 0. The summed E-state index contributed by atoms with van der Waals surface area (Å²) >= 11 is 0. The molecule has 0 spiro atoms. The largest absolute Gasteiger partial charge is 0.493 e. The maximum Gasteiger partial charge on any atom is 0.150 e. The van der Waals surface area contributed by atoms with Crippen LogP contribution in [0.25, 0.3) is 0 Å². The Morgan fingerprint density at radius 3 is 3.18 bits per heavy atom. The monoisotopic (exact) mass is 156 g/mol. The van der Waals surface area contributed by atoms with E-state index in [0.29, 0.717) is 6.61 Å². The van der Waals surface area contributed by atoms with Crippen molar-refractivity contribution in [2.75, 3.05) is 13.2 Å². The Morgan fingerprint density at radius 2 is 2.36 bits per heavy atom. The van der Waals surface area contributed by atoms with Crippen LogP contribution in [0.15, 0.2) is 12.8 Å². The molecule has 0 aromatic rings. The van der Waals surface area contributed by atoms with Crippen LogP contribution in [0.1, 0.15) is 6.42 Å². The van der Waals surface area contributed by atoms with Crippen LogP contribution in [0.2, 0.25) is 0 Å². The summed E-state index contributed by atoms with van der Waals surface area (Å²) in [5, 5.41) is 0. The summed E-state index contributed by atoms with van der Waals surface area (Å²) < 4.78 is 16.1. The molecule has 2 rings (SSSR count). The van der Waals surface area contributed by atoms with Crippen molar-refractivity contribution in [3.8, 4) is 0 Å². The number of ether oxygens (including phenoxy) is 3. The Hall–Kier alpha value is -0.540. The summed E-state index contributed by atoms with van der Waals surface area (Å²) in [6.45, 7) is 4.94. The van der Waals surface area contributed by atoms with Gasteiger partial charge < -0.3 is 14.2 Å². The molecule has 62 valence electrons. The fraction of sp³-hybridized carbons (Fsp3) is 0.750. The van der Waals surface area contributed by atoms with Crippen molar-refractivity contribution in [3.05, 3.63) is 12.8 Å². The minimum atomic E-state index is 0.0694. The van der Waals surface area contributed by atoms with E-state index in [0.717, 1.165) is 13.0 Å². The Balaban J connectivity index is 1.97. The second-order valence-electron chi connectivity index (χ2n) is 2.84. The molecule has 0 radical (unpaired) electrons. The summed E-state index contributed by atoms with van der Waals surface area (Å²) in [6, 6.07) is 0. The first-order valence-electron chi connectivity index (χ1n) is 3.91. The second-order valence-corrected chi connectivity index (χ2v) is 2.84. The Kier molecular flexibility index (Phi) is 1.84. The maximum absolute atomic E-state index is 5.44. The molecule has 2 aliphatic heterocycles. The molecule has 2 fully saturated rings. The molecule has 2 heterocycles. The van der Waals surface area contributed by atoms with Gasteiger partial charge in [0.05, 0.1) is 19.0 Å². The lowest BCUT2D eigenvalue weighted by atomic mass is 10.1. The quantitative estimate of drug-likeness (QED) is 0.551. The number of rotatable bonds is 2. The van der Waals surface area contributed by atoms with Gasteiger partial charge in [0.25, 0.3) is 0 Å². The van der Waals surface area contributed by atoms with Crippen LogP contribution in [0, 0.1) is 0 Å². The first-order valence-corrected chi connectivity index (χ1v) is 3.91. The van der Waals surface area contributed by atoms with Gasteiger partial charge in [-0.3, -0.25) is 0 Å². The predicted molar refractivity (Wildman–Crippen MR) is 39.2 cm³/mol. The van der Waals surface area contributed by atoms with Crippen molar-refractivity contribution >= 4 is 0 Å². The first-order chi connectivity index (χ1) is 5.42. The van der Waals surface area contributed by atoms with Gasteiger partial charge in [0.15, 0.2) is 0 Å². The van der Waals surface area contributed by atoms with Crippen molar-refractivity contribution in [1.29, 1.82) is 0 Å². The summed E-state index contributed by atoms with van der Waals surface area (Å²) in [5.74, 6) is 0. The van der Waals surface area contributed by atoms with Gasteiger partial charge in [-0.2, -0.15) is 0 Å². The standard InChI is InChI=1S/C8H12O3/c1-2-9-7-5-11-6-3-4-10-8(6)7/h2,6-8H,1,3-5H2. The number of hydrogen-bond acceptors (Lipinski definition) is 3. The van der Waals surface area contributed by atoms with Crippen LogP contribution in [-0.4, -0.2) is 31.5 Å². The summed E-state index contributed by atoms with van der Waals surface area (Å²) in [6.07, 6.45) is 2.94. The molecule has 3 nitrogen and oxygen atoms in total. The van der Waals surface area contributed by atoms with E-state index in [9.17, 15) is 0 Å². The van der Waals surface area contributed by atoms with Gasteiger partial charge in [-0.1, -0.05) is 6.58 Å². The van der Waals surface area contributed by atoms with E-state index in [1.165, 1.54) is 6.26 Å². The molecule has 0 saturated carbocycles. The van der Waals surface area contributed by atoms with Crippen molar-refractivity contribution in [2.45, 2.75) is 24.7 Å². The smallest absolute Gasteiger partial charge is 0.150 e. The van der Waals surface area contributed by atoms with Gasteiger partial charge in [-0.25, -0.2) is 0 Å². The lowest BCUT2D eigenvalue weighted by molar-refractivity contribution is 0.0104. The maximum atomic E-state index is 5.44. The predicted octanol–water partition coefficient (Wildman–Crippen LogP) is 0.703. The fourth-order valence-corrected chi connectivity index (χ4v) is 1.67. The van der Waals surface area contributed by atoms with Crippen LogP contribution in [-0.2, 0) is 14.2 Å². The zero-order chi connectivity index (χ0) is 7.68. The lowest BCUT2D eigenvalue weighted by Crippen LogP contribution is -2.28. The molecule has 0 aliphatic carbocycles. The Bertz CT molecular complexity index is 157. The highest BCUT2D eigenvalue weighted by molar-refractivity contribution is 4.90. The molecule has 3 heteroatoms. The number of fused-ring (bicyclic) bond motifs is 1. The molecular weight excluding hydrogens is 144 g/mol. The highest BCUT2D eigenvalue weighted by Crippen LogP contribution is 2.28. The second kappa shape index (κ2) is 2.83. The van der Waals surface area contributed by atoms with E-state index in [2.05, 4.69) is 6.58 Å². The lowest BCUT2D eigenvalue weighted by Gasteiger charge is -2.14. The van der Waals surface area contributed by atoms with Gasteiger partial charge in [0, 0.05) is 6.61 Å². The molecule has 3 atom stereocenters. The van der Waals surface area contributed by atoms with E-state index >= 15 is 0 Å². The van der Waals surface area contributed by atoms with Crippen molar-refractivity contribution < 1.29 is 14.2 Å². The van der Waals surface area contributed by atoms with Gasteiger partial charge in [0.1, 0.15) is 12.2 Å². The van der Waals surface area contributed by atoms with E-state index in [-0.39, 0.29) is 18.3 Å². The molecule has 0 aromatic heterocycles. The SMILES string of the molecule is C=COC1COC2CCOC12. The third-order valence-electron chi connectivity index (χ3n) is 2.19. The summed E-state index contributed by atoms with van der Waals surface area (Å²) in [4.78, 5) is 0. The zero-order valence-corrected chi connectivity index (χ0v) is 6.36. The van der Waals surface area contributed by atoms with Gasteiger partial charge in [0.2, 0.25) is 0 Å². The topological polar surface area (TPSA) is 27.7 Å². The van der Waals surface area contributed by atoms with E-state index in [1.807, 2.05) is 0 Å². The van der Waals surface area contributed by atoms with Crippen molar-refractivity contribution in [2.24, 2.45) is 0 Å². The normalized spacial score (nSPS) is 42.0. The molecular formula is C8H12O3. The van der Waals surface area contributed by atoms with Crippen molar-refractivity contribution in [3.63, 3.8) is 0 Å². The first kappa shape index (κ1) is 7.13. The van der Waals surface area contributed by atoms with E-state index < -0.39 is 0 Å². The third kappa shape index (κ3) is 1.14. The Morgan fingerprint density at radius 1 is 1.45 bits per heavy atom. The molecule has 0 N–H and O–H groups in total. The van der Waals surface area contributed by atoms with Crippen LogP contribution >= 0.6 is 0 Å². The van der Waals surface area contributed by atoms with E-state index in [4.69, 9.17) is 14.2 Å².